The van der Waals surface area contributed by atoms with Crippen LogP contribution in [0.1, 0.15) is 31.0 Å². The fourth-order valence-corrected chi connectivity index (χ4v) is 2.10. The molecule has 1 fully saturated rings. The van der Waals surface area contributed by atoms with Crippen LogP contribution in [-0.4, -0.2) is 25.1 Å². The molecule has 0 aliphatic carbocycles. The number of nitrogens with one attached hydrogen (secondary N) is 2. The summed E-state index contributed by atoms with van der Waals surface area (Å²) in [6.07, 6.45) is 0.158. The van der Waals surface area contributed by atoms with Crippen molar-refractivity contribution >= 4 is 5.91 Å². The van der Waals surface area contributed by atoms with E-state index < -0.39 is 0 Å². The second kappa shape index (κ2) is 5.40. The number of carbonyl (C=O) groups is 1. The number of hydrogen-bond donors (Lipinski definition) is 2. The lowest BCUT2D eigenvalue weighted by molar-refractivity contribution is -0.124. The highest BCUT2D eigenvalue weighted by Crippen LogP contribution is 2.24. The highest BCUT2D eigenvalue weighted by Gasteiger charge is 2.23. The number of rotatable bonds is 3. The maximum atomic E-state index is 11.8. The summed E-state index contributed by atoms with van der Waals surface area (Å²) in [6.45, 7) is 7.51. The van der Waals surface area contributed by atoms with Crippen LogP contribution >= 0.6 is 0 Å². The van der Waals surface area contributed by atoms with Gasteiger partial charge in [-0.25, -0.2) is 0 Å². The minimum atomic E-state index is -0.245. The molecule has 1 atom stereocenters. The summed E-state index contributed by atoms with van der Waals surface area (Å²) in [7, 11) is 0. The van der Waals surface area contributed by atoms with Gasteiger partial charge in [0, 0.05) is 13.1 Å². The molecule has 1 aliphatic heterocycles. The smallest absolute Gasteiger partial charge is 0.241 e. The van der Waals surface area contributed by atoms with Crippen LogP contribution in [0.2, 0.25) is 0 Å². The lowest BCUT2D eigenvalue weighted by Gasteiger charge is -2.24. The van der Waals surface area contributed by atoms with Gasteiger partial charge in [0.1, 0.15) is 11.8 Å². The fraction of sp³-hybridized carbons (Fsp3) is 0.500. The molecule has 1 aromatic rings. The predicted molar refractivity (Wildman–Crippen MR) is 70.7 cm³/mol. The van der Waals surface area contributed by atoms with Crippen LogP contribution in [0, 0.1) is 6.92 Å². The molecule has 98 valence electrons. The molecule has 1 amide bonds. The van der Waals surface area contributed by atoms with Crippen molar-refractivity contribution < 1.29 is 9.53 Å². The van der Waals surface area contributed by atoms with Crippen molar-refractivity contribution in [2.24, 2.45) is 0 Å². The first-order valence-corrected chi connectivity index (χ1v) is 6.36. The molecule has 0 saturated carbocycles. The minimum absolute atomic E-state index is 0.0400. The molecule has 0 radical (unpaired) electrons. The fourth-order valence-electron chi connectivity index (χ4n) is 2.10. The Labute approximate surface area is 108 Å². The van der Waals surface area contributed by atoms with Crippen molar-refractivity contribution in [2.45, 2.75) is 32.9 Å². The van der Waals surface area contributed by atoms with Crippen molar-refractivity contribution in [3.63, 3.8) is 0 Å². The third kappa shape index (κ3) is 2.82. The maximum absolute atomic E-state index is 11.8. The van der Waals surface area contributed by atoms with Crippen molar-refractivity contribution in [3.05, 3.63) is 29.3 Å². The minimum Gasteiger partial charge on any atom is -0.491 e. The van der Waals surface area contributed by atoms with E-state index in [1.165, 1.54) is 0 Å². The van der Waals surface area contributed by atoms with Gasteiger partial charge in [-0.1, -0.05) is 12.1 Å². The Morgan fingerprint density at radius 2 is 2.11 bits per heavy atom. The van der Waals surface area contributed by atoms with Gasteiger partial charge in [-0.2, -0.15) is 0 Å². The number of hydrogen-bond acceptors (Lipinski definition) is 3. The second-order valence-corrected chi connectivity index (χ2v) is 4.87. The maximum Gasteiger partial charge on any atom is 0.241 e. The zero-order valence-electron chi connectivity index (χ0n) is 11.1. The third-order valence-electron chi connectivity index (χ3n) is 2.93. The van der Waals surface area contributed by atoms with Crippen LogP contribution in [0.4, 0.5) is 0 Å². The van der Waals surface area contributed by atoms with E-state index in [0.717, 1.165) is 23.4 Å². The van der Waals surface area contributed by atoms with Crippen LogP contribution in [0.5, 0.6) is 5.75 Å². The monoisotopic (exact) mass is 248 g/mol. The summed E-state index contributed by atoms with van der Waals surface area (Å²) in [5, 5.41) is 6.08. The summed E-state index contributed by atoms with van der Waals surface area (Å²) in [4.78, 5) is 11.8. The average molecular weight is 248 g/mol. The first kappa shape index (κ1) is 12.9. The molecule has 1 aliphatic rings. The highest BCUT2D eigenvalue weighted by molar-refractivity contribution is 5.84. The summed E-state index contributed by atoms with van der Waals surface area (Å²) >= 11 is 0. The van der Waals surface area contributed by atoms with Gasteiger partial charge in [-0.15, -0.1) is 0 Å². The van der Waals surface area contributed by atoms with Gasteiger partial charge < -0.3 is 15.4 Å². The molecule has 0 spiro atoms. The van der Waals surface area contributed by atoms with Crippen LogP contribution < -0.4 is 15.4 Å². The first-order chi connectivity index (χ1) is 8.58. The normalized spacial score (nSPS) is 19.8. The van der Waals surface area contributed by atoms with Gasteiger partial charge in [0.2, 0.25) is 5.91 Å². The first-order valence-electron chi connectivity index (χ1n) is 6.36. The largest absolute Gasteiger partial charge is 0.491 e. The van der Waals surface area contributed by atoms with Crippen LogP contribution in [0.25, 0.3) is 0 Å². The highest BCUT2D eigenvalue weighted by atomic mass is 16.5. The standard InChI is InChI=1S/C14H20N2O2/c1-9(2)18-12-5-4-11(8-10(12)3)13-14(17)16-7-6-15-13/h4-5,8-9,13,15H,6-7H2,1-3H3,(H,16,17). The average Bonchev–Trinajstić information content (AvgIpc) is 2.32. The van der Waals surface area contributed by atoms with Crippen molar-refractivity contribution in [2.75, 3.05) is 13.1 Å². The molecular formula is C14H20N2O2. The Morgan fingerprint density at radius 3 is 2.72 bits per heavy atom. The molecule has 4 heteroatoms. The molecule has 0 aromatic heterocycles. The summed E-state index contributed by atoms with van der Waals surface area (Å²) in [5.74, 6) is 0.920. The zero-order chi connectivity index (χ0) is 13.1. The molecule has 2 rings (SSSR count). The Hall–Kier alpha value is -1.55. The topological polar surface area (TPSA) is 50.4 Å². The number of benzene rings is 1. The van der Waals surface area contributed by atoms with E-state index in [1.54, 1.807) is 0 Å². The Kier molecular flexibility index (Phi) is 3.87. The van der Waals surface area contributed by atoms with Crippen molar-refractivity contribution in [3.8, 4) is 5.75 Å². The van der Waals surface area contributed by atoms with Gasteiger partial charge in [0.05, 0.1) is 6.10 Å². The van der Waals surface area contributed by atoms with E-state index in [4.69, 9.17) is 4.74 Å². The Morgan fingerprint density at radius 1 is 1.33 bits per heavy atom. The van der Waals surface area contributed by atoms with E-state index in [2.05, 4.69) is 10.6 Å². The number of piperazine rings is 1. The SMILES string of the molecule is Cc1cc(C2NCCNC2=O)ccc1OC(C)C. The molecule has 18 heavy (non-hydrogen) atoms. The van der Waals surface area contributed by atoms with E-state index in [9.17, 15) is 4.79 Å². The predicted octanol–water partition coefficient (Wildman–Crippen LogP) is 1.54. The molecular weight excluding hydrogens is 228 g/mol. The lowest BCUT2D eigenvalue weighted by Crippen LogP contribution is -2.47. The quantitative estimate of drug-likeness (QED) is 0.853. The summed E-state index contributed by atoms with van der Waals surface area (Å²) < 4.78 is 5.69. The van der Waals surface area contributed by atoms with E-state index in [0.29, 0.717) is 6.54 Å². The van der Waals surface area contributed by atoms with E-state index in [-0.39, 0.29) is 18.1 Å². The zero-order valence-corrected chi connectivity index (χ0v) is 11.1. The molecule has 0 bridgehead atoms. The Balaban J connectivity index is 2.19. The van der Waals surface area contributed by atoms with Gasteiger partial charge in [-0.3, -0.25) is 4.79 Å². The van der Waals surface area contributed by atoms with Gasteiger partial charge in [0.15, 0.2) is 0 Å². The van der Waals surface area contributed by atoms with Crippen LogP contribution in [0.15, 0.2) is 18.2 Å². The van der Waals surface area contributed by atoms with Crippen LogP contribution in [0.3, 0.4) is 0 Å². The molecule has 2 N–H and O–H groups in total. The van der Waals surface area contributed by atoms with Crippen molar-refractivity contribution in [1.82, 2.24) is 10.6 Å². The molecule has 1 aromatic carbocycles. The van der Waals surface area contributed by atoms with E-state index >= 15 is 0 Å². The van der Waals surface area contributed by atoms with E-state index in [1.807, 2.05) is 39.0 Å². The number of ether oxygens (including phenoxy) is 1. The molecule has 1 heterocycles. The third-order valence-corrected chi connectivity index (χ3v) is 2.93. The van der Waals surface area contributed by atoms with Crippen molar-refractivity contribution in [1.29, 1.82) is 0 Å². The number of amides is 1. The number of aryl methyl sites for hydroxylation is 1. The Bertz CT molecular complexity index is 443. The molecule has 4 nitrogen and oxygen atoms in total. The summed E-state index contributed by atoms with van der Waals surface area (Å²) in [5.41, 5.74) is 2.04. The van der Waals surface area contributed by atoms with Gasteiger partial charge in [-0.05, 0) is 38.0 Å². The molecule has 1 saturated heterocycles. The summed E-state index contributed by atoms with van der Waals surface area (Å²) in [6, 6.07) is 5.66. The molecule has 1 unspecified atom stereocenters. The van der Waals surface area contributed by atoms with Crippen LogP contribution in [-0.2, 0) is 4.79 Å². The second-order valence-electron chi connectivity index (χ2n) is 4.87. The van der Waals surface area contributed by atoms with Gasteiger partial charge in [0.25, 0.3) is 0 Å². The number of carbonyl (C=O) groups excluding carboxylic acids is 1. The lowest BCUT2D eigenvalue weighted by atomic mass is 10.0. The van der Waals surface area contributed by atoms with Gasteiger partial charge >= 0.3 is 0 Å².